The molecule has 1 unspecified atom stereocenters. The summed E-state index contributed by atoms with van der Waals surface area (Å²) in [7, 11) is -5.21. The molecule has 2 aliphatic heterocycles. The SMILES string of the molecule is CC(C)C[C@H](NC(=O)OC1CN(C(=O)OC(C)(C)C)C1)C(=O)N[C@@H](C[C@H]1CCNC1=O)C(O)S(=O)(=O)[O-].[Na+]. The Balaban J connectivity index is 0.00000722. The van der Waals surface area contributed by atoms with E-state index in [1.165, 1.54) is 4.90 Å². The zero-order valence-corrected chi connectivity index (χ0v) is 25.5. The molecule has 4 amide bonds. The largest absolute Gasteiger partial charge is 1.00 e. The fourth-order valence-corrected chi connectivity index (χ4v) is 4.51. The van der Waals surface area contributed by atoms with E-state index in [-0.39, 0.29) is 67.3 Å². The fraction of sp³-hybridized carbons (Fsp3) is 0.818. The van der Waals surface area contributed by atoms with Gasteiger partial charge in [0.15, 0.2) is 5.44 Å². The van der Waals surface area contributed by atoms with Crippen LogP contribution in [0.3, 0.4) is 0 Å². The number of hydrogen-bond donors (Lipinski definition) is 4. The molecule has 2 rings (SSSR count). The van der Waals surface area contributed by atoms with Crippen LogP contribution in [0, 0.1) is 11.8 Å². The van der Waals surface area contributed by atoms with Gasteiger partial charge in [0.2, 0.25) is 11.8 Å². The van der Waals surface area contributed by atoms with Crippen LogP contribution in [0.25, 0.3) is 0 Å². The first-order valence-corrected chi connectivity index (χ1v) is 13.6. The van der Waals surface area contributed by atoms with Gasteiger partial charge >= 0.3 is 41.7 Å². The van der Waals surface area contributed by atoms with Crippen LogP contribution >= 0.6 is 0 Å². The second-order valence-corrected chi connectivity index (χ2v) is 12.2. The Kier molecular flexibility index (Phi) is 12.8. The molecule has 4 atom stereocenters. The van der Waals surface area contributed by atoms with Crippen LogP contribution in [0.5, 0.6) is 0 Å². The van der Waals surface area contributed by atoms with E-state index in [0.717, 1.165) is 0 Å². The first kappa shape index (κ1) is 34.4. The van der Waals surface area contributed by atoms with Gasteiger partial charge in [-0.25, -0.2) is 18.0 Å². The number of carbonyl (C=O) groups is 4. The standard InChI is InChI=1S/C22H38N4O10S.Na/c1-12(2)8-15(25-20(30)35-14-10-26(11-14)21(31)36-22(3,4)5)18(28)24-16(19(29)37(32,33)34)9-13-6-7-23-17(13)27;/h12-16,19,29H,6-11H2,1-5H3,(H,23,27)(H,24,28)(H,25,30)(H,32,33,34);/q;+1/p-1/t13-,15+,16+,19?;/m1./s1. The Labute approximate surface area is 245 Å². The predicted molar refractivity (Wildman–Crippen MR) is 128 cm³/mol. The maximum absolute atomic E-state index is 13.0. The molecule has 0 saturated carbocycles. The van der Waals surface area contributed by atoms with Crippen molar-refractivity contribution in [2.24, 2.45) is 11.8 Å². The monoisotopic (exact) mass is 572 g/mol. The molecule has 0 aromatic heterocycles. The number of nitrogens with one attached hydrogen (secondary N) is 3. The zero-order valence-electron chi connectivity index (χ0n) is 22.7. The van der Waals surface area contributed by atoms with Gasteiger partial charge < -0.3 is 40.0 Å². The van der Waals surface area contributed by atoms with Crippen LogP contribution in [0.2, 0.25) is 0 Å². The maximum atomic E-state index is 13.0. The summed E-state index contributed by atoms with van der Waals surface area (Å²) >= 11 is 0. The predicted octanol–water partition coefficient (Wildman–Crippen LogP) is -3.37. The number of likely N-dealkylation sites (tertiary alicyclic amines) is 1. The molecule has 2 fully saturated rings. The van der Waals surface area contributed by atoms with E-state index in [1.54, 1.807) is 34.6 Å². The van der Waals surface area contributed by atoms with Gasteiger partial charge in [0, 0.05) is 12.5 Å². The van der Waals surface area contributed by atoms with E-state index in [2.05, 4.69) is 16.0 Å². The number of aliphatic hydroxyl groups excluding tert-OH is 1. The summed E-state index contributed by atoms with van der Waals surface area (Å²) in [5.41, 5.74) is -3.15. The summed E-state index contributed by atoms with van der Waals surface area (Å²) in [4.78, 5) is 50.7. The molecule has 2 saturated heterocycles. The van der Waals surface area contributed by atoms with Crippen LogP contribution in [-0.2, 0) is 29.2 Å². The Bertz CT molecular complexity index is 966. The number of carbonyl (C=O) groups excluding carboxylic acids is 4. The quantitative estimate of drug-likeness (QED) is 0.151. The third-order valence-electron chi connectivity index (χ3n) is 5.76. The van der Waals surface area contributed by atoms with Crippen molar-refractivity contribution in [2.45, 2.75) is 83.1 Å². The molecule has 0 bridgehead atoms. The maximum Gasteiger partial charge on any atom is 1.00 e. The van der Waals surface area contributed by atoms with Crippen molar-refractivity contribution >= 4 is 34.1 Å². The summed E-state index contributed by atoms with van der Waals surface area (Å²) in [6.07, 6.45) is -1.89. The molecule has 0 aromatic carbocycles. The molecule has 14 nitrogen and oxygen atoms in total. The number of alkyl carbamates (subject to hydrolysis) is 1. The number of hydrogen-bond acceptors (Lipinski definition) is 10. The summed E-state index contributed by atoms with van der Waals surface area (Å²) < 4.78 is 44.9. The van der Waals surface area contributed by atoms with Crippen molar-refractivity contribution in [3.05, 3.63) is 0 Å². The van der Waals surface area contributed by atoms with Gasteiger partial charge in [-0.1, -0.05) is 13.8 Å². The normalized spacial score (nSPS) is 20.4. The zero-order chi connectivity index (χ0) is 28.1. The van der Waals surface area contributed by atoms with E-state index < -0.39 is 63.4 Å². The van der Waals surface area contributed by atoms with E-state index in [1.807, 2.05) is 0 Å². The van der Waals surface area contributed by atoms with Crippen molar-refractivity contribution in [1.82, 2.24) is 20.9 Å². The average molecular weight is 573 g/mol. The van der Waals surface area contributed by atoms with Crippen LogP contribution < -0.4 is 45.5 Å². The first-order valence-electron chi connectivity index (χ1n) is 12.1. The minimum absolute atomic E-state index is 0. The minimum atomic E-state index is -5.21. The van der Waals surface area contributed by atoms with Crippen molar-refractivity contribution in [3.63, 3.8) is 0 Å². The molecule has 16 heteroatoms. The second-order valence-electron chi connectivity index (χ2n) is 10.7. The van der Waals surface area contributed by atoms with Gasteiger partial charge in [0.25, 0.3) is 0 Å². The van der Waals surface area contributed by atoms with Crippen LogP contribution in [0.1, 0.15) is 53.9 Å². The van der Waals surface area contributed by atoms with Crippen molar-refractivity contribution in [1.29, 1.82) is 0 Å². The van der Waals surface area contributed by atoms with E-state index in [4.69, 9.17) is 9.47 Å². The van der Waals surface area contributed by atoms with Gasteiger partial charge in [0.1, 0.15) is 27.9 Å². The Morgan fingerprint density at radius 1 is 1.21 bits per heavy atom. The van der Waals surface area contributed by atoms with Gasteiger partial charge in [-0.3, -0.25) is 9.59 Å². The smallest absolute Gasteiger partial charge is 0.746 e. The summed E-state index contributed by atoms with van der Waals surface area (Å²) in [6, 6.07) is -2.75. The molecular weight excluding hydrogens is 535 g/mol. The number of rotatable bonds is 10. The van der Waals surface area contributed by atoms with E-state index >= 15 is 0 Å². The Morgan fingerprint density at radius 3 is 2.29 bits per heavy atom. The average Bonchev–Trinajstić information content (AvgIpc) is 3.10. The van der Waals surface area contributed by atoms with Crippen LogP contribution in [0.15, 0.2) is 0 Å². The third kappa shape index (κ3) is 10.8. The molecule has 38 heavy (non-hydrogen) atoms. The summed E-state index contributed by atoms with van der Waals surface area (Å²) in [5.74, 6) is -2.01. The van der Waals surface area contributed by atoms with Crippen molar-refractivity contribution < 1.29 is 76.3 Å². The van der Waals surface area contributed by atoms with Crippen molar-refractivity contribution in [2.75, 3.05) is 19.6 Å². The van der Waals surface area contributed by atoms with Crippen molar-refractivity contribution in [3.8, 4) is 0 Å². The molecule has 2 aliphatic rings. The number of nitrogens with zero attached hydrogens (tertiary/aromatic N) is 1. The second kappa shape index (κ2) is 14.1. The Hall–Kier alpha value is -1.65. The number of ether oxygens (including phenoxy) is 2. The molecule has 0 aliphatic carbocycles. The molecule has 0 aromatic rings. The molecule has 0 radical (unpaired) electrons. The molecule has 0 spiro atoms. The number of amides is 4. The molecule has 4 N–H and O–H groups in total. The third-order valence-corrected chi connectivity index (χ3v) is 6.68. The van der Waals surface area contributed by atoms with E-state index in [0.29, 0.717) is 13.0 Å². The summed E-state index contributed by atoms with van der Waals surface area (Å²) in [6.45, 7) is 9.33. The fourth-order valence-electron chi connectivity index (χ4n) is 3.93. The van der Waals surface area contributed by atoms with Gasteiger partial charge in [0.05, 0.1) is 19.1 Å². The molecule has 212 valence electrons. The first-order chi connectivity index (χ1) is 17.0. The topological polar surface area (TPSA) is 203 Å². The van der Waals surface area contributed by atoms with Gasteiger partial charge in [-0.2, -0.15) is 0 Å². The van der Waals surface area contributed by atoms with E-state index in [9.17, 15) is 37.3 Å². The van der Waals surface area contributed by atoms with Gasteiger partial charge in [-0.05, 0) is 46.0 Å². The molecule has 2 heterocycles. The van der Waals surface area contributed by atoms with Crippen LogP contribution in [0.4, 0.5) is 9.59 Å². The number of aliphatic hydroxyl groups is 1. The molecular formula is C22H37N4NaO10S. The van der Waals surface area contributed by atoms with Crippen LogP contribution in [-0.4, -0.2) is 95.8 Å². The Morgan fingerprint density at radius 2 is 1.82 bits per heavy atom. The van der Waals surface area contributed by atoms with Gasteiger partial charge in [-0.15, -0.1) is 0 Å². The summed E-state index contributed by atoms with van der Waals surface area (Å²) in [5, 5.41) is 17.4. The minimum Gasteiger partial charge on any atom is -0.746 e.